The smallest absolute Gasteiger partial charge is 0.219 e. The lowest BCUT2D eigenvalue weighted by Crippen LogP contribution is -2.38. The summed E-state index contributed by atoms with van der Waals surface area (Å²) < 4.78 is 2.00. The van der Waals surface area contributed by atoms with Gasteiger partial charge in [-0.25, -0.2) is 0 Å². The molecule has 0 aliphatic carbocycles. The molecule has 2 rings (SSSR count). The molecule has 2 heterocycles. The molecule has 0 N–H and O–H groups in total. The molecule has 5 heteroatoms. The maximum absolute atomic E-state index is 11.3. The molecule has 0 atom stereocenters. The Hall–Kier alpha value is -1.83. The monoisotopic (exact) mass is 260 g/mol. The minimum absolute atomic E-state index is 0.140. The lowest BCUT2D eigenvalue weighted by Gasteiger charge is -2.32. The highest BCUT2D eigenvalue weighted by atomic mass is 16.2. The molecule has 1 amide bonds. The quantitative estimate of drug-likeness (QED) is 0.817. The van der Waals surface area contributed by atoms with E-state index in [0.29, 0.717) is 17.7 Å². The summed E-state index contributed by atoms with van der Waals surface area (Å²) in [5.74, 6) is 0.487. The predicted octanol–water partition coefficient (Wildman–Crippen LogP) is 2.06. The van der Waals surface area contributed by atoms with Crippen LogP contribution in [0.5, 0.6) is 0 Å². The number of nitrogens with zero attached hydrogens (tertiary/aromatic N) is 4. The number of piperidine rings is 1. The molecule has 0 bridgehead atoms. The van der Waals surface area contributed by atoms with Crippen molar-refractivity contribution >= 4 is 5.91 Å². The second-order valence-electron chi connectivity index (χ2n) is 5.40. The van der Waals surface area contributed by atoms with Crippen molar-refractivity contribution in [2.45, 2.75) is 45.6 Å². The molecule has 1 aliphatic rings. The Kier molecular flexibility index (Phi) is 3.89. The minimum Gasteiger partial charge on any atom is -0.343 e. The van der Waals surface area contributed by atoms with Crippen LogP contribution in [0.1, 0.15) is 57.0 Å². The third-order valence-electron chi connectivity index (χ3n) is 3.73. The minimum atomic E-state index is 0.140. The summed E-state index contributed by atoms with van der Waals surface area (Å²) in [5, 5.41) is 13.4. The summed E-state index contributed by atoms with van der Waals surface area (Å²) in [4.78, 5) is 13.2. The van der Waals surface area contributed by atoms with Crippen molar-refractivity contribution < 1.29 is 4.79 Å². The van der Waals surface area contributed by atoms with Gasteiger partial charge in [0.15, 0.2) is 5.69 Å². The average Bonchev–Trinajstić information content (AvgIpc) is 2.83. The summed E-state index contributed by atoms with van der Waals surface area (Å²) >= 11 is 0. The van der Waals surface area contributed by atoms with Gasteiger partial charge in [-0.3, -0.25) is 9.48 Å². The maximum Gasteiger partial charge on any atom is 0.219 e. The van der Waals surface area contributed by atoms with Gasteiger partial charge in [0.05, 0.1) is 6.04 Å². The van der Waals surface area contributed by atoms with Crippen molar-refractivity contribution in [2.75, 3.05) is 13.1 Å². The Labute approximate surface area is 113 Å². The molecule has 19 heavy (non-hydrogen) atoms. The van der Waals surface area contributed by atoms with Crippen molar-refractivity contribution in [1.29, 1.82) is 5.26 Å². The van der Waals surface area contributed by atoms with E-state index < -0.39 is 0 Å². The lowest BCUT2D eigenvalue weighted by atomic mass is 10.0. The van der Waals surface area contributed by atoms with Crippen LogP contribution >= 0.6 is 0 Å². The van der Waals surface area contributed by atoms with Crippen molar-refractivity contribution in [3.63, 3.8) is 0 Å². The van der Waals surface area contributed by atoms with E-state index in [9.17, 15) is 4.79 Å². The third-order valence-corrected chi connectivity index (χ3v) is 3.73. The van der Waals surface area contributed by atoms with Gasteiger partial charge in [-0.1, -0.05) is 13.8 Å². The van der Waals surface area contributed by atoms with Gasteiger partial charge >= 0.3 is 0 Å². The van der Waals surface area contributed by atoms with E-state index in [1.54, 1.807) is 6.92 Å². The third kappa shape index (κ3) is 2.78. The van der Waals surface area contributed by atoms with Gasteiger partial charge in [-0.05, 0) is 24.8 Å². The number of hydrogen-bond donors (Lipinski definition) is 0. The van der Waals surface area contributed by atoms with Crippen molar-refractivity contribution in [1.82, 2.24) is 14.7 Å². The van der Waals surface area contributed by atoms with Crippen LogP contribution in [0.3, 0.4) is 0 Å². The Morgan fingerprint density at radius 2 is 2.11 bits per heavy atom. The van der Waals surface area contributed by atoms with E-state index in [0.717, 1.165) is 31.6 Å². The first-order valence-electron chi connectivity index (χ1n) is 6.78. The molecule has 0 spiro atoms. The molecule has 1 aromatic rings. The predicted molar refractivity (Wildman–Crippen MR) is 71.6 cm³/mol. The molecule has 0 aromatic carbocycles. The molecule has 102 valence electrons. The van der Waals surface area contributed by atoms with Crippen LogP contribution in [-0.4, -0.2) is 33.7 Å². The number of carbonyl (C=O) groups is 1. The van der Waals surface area contributed by atoms with Gasteiger partial charge in [-0.2, -0.15) is 10.4 Å². The van der Waals surface area contributed by atoms with Crippen LogP contribution < -0.4 is 0 Å². The molecule has 1 saturated heterocycles. The molecule has 1 aliphatic heterocycles. The fraction of sp³-hybridized carbons (Fsp3) is 0.643. The molecule has 0 saturated carbocycles. The molecule has 1 fully saturated rings. The number of carbonyl (C=O) groups excluding carboxylic acids is 1. The van der Waals surface area contributed by atoms with Gasteiger partial charge in [0.2, 0.25) is 5.91 Å². The van der Waals surface area contributed by atoms with E-state index >= 15 is 0 Å². The summed E-state index contributed by atoms with van der Waals surface area (Å²) in [5.41, 5.74) is 1.59. The Balaban J connectivity index is 2.17. The first kappa shape index (κ1) is 13.6. The highest BCUT2D eigenvalue weighted by molar-refractivity contribution is 5.73. The van der Waals surface area contributed by atoms with Crippen molar-refractivity contribution in [3.05, 3.63) is 17.5 Å². The zero-order valence-corrected chi connectivity index (χ0v) is 11.8. The van der Waals surface area contributed by atoms with Gasteiger partial charge in [0.1, 0.15) is 6.07 Å². The number of aromatic nitrogens is 2. The topological polar surface area (TPSA) is 61.9 Å². The zero-order valence-electron chi connectivity index (χ0n) is 11.8. The fourth-order valence-corrected chi connectivity index (χ4v) is 2.61. The normalized spacial score (nSPS) is 16.7. The molecule has 0 radical (unpaired) electrons. The van der Waals surface area contributed by atoms with Crippen LogP contribution in [0.15, 0.2) is 6.07 Å². The van der Waals surface area contributed by atoms with E-state index in [2.05, 4.69) is 25.0 Å². The molecule has 5 nitrogen and oxygen atoms in total. The van der Waals surface area contributed by atoms with Crippen LogP contribution in [0.25, 0.3) is 0 Å². The van der Waals surface area contributed by atoms with E-state index in [4.69, 9.17) is 5.26 Å². The van der Waals surface area contributed by atoms with E-state index in [-0.39, 0.29) is 5.91 Å². The first-order chi connectivity index (χ1) is 9.02. The Bertz CT molecular complexity index is 504. The van der Waals surface area contributed by atoms with Crippen LogP contribution in [0, 0.1) is 11.3 Å². The summed E-state index contributed by atoms with van der Waals surface area (Å²) in [6.45, 7) is 7.39. The SMILES string of the molecule is CC(=O)N1CCC(n2nc(C#N)cc2C(C)C)CC1. The van der Waals surface area contributed by atoms with Crippen LogP contribution in [-0.2, 0) is 4.79 Å². The molecule has 1 aromatic heterocycles. The van der Waals surface area contributed by atoms with Crippen LogP contribution in [0.2, 0.25) is 0 Å². The lowest BCUT2D eigenvalue weighted by molar-refractivity contribution is -0.130. The number of amides is 1. The van der Waals surface area contributed by atoms with E-state index in [1.165, 1.54) is 0 Å². The van der Waals surface area contributed by atoms with Gasteiger partial charge < -0.3 is 4.90 Å². The second-order valence-corrected chi connectivity index (χ2v) is 5.40. The summed E-state index contributed by atoms with van der Waals surface area (Å²) in [6.07, 6.45) is 1.82. The molecule has 0 unspecified atom stereocenters. The van der Waals surface area contributed by atoms with E-state index in [1.807, 2.05) is 15.6 Å². The number of rotatable bonds is 2. The number of hydrogen-bond acceptors (Lipinski definition) is 3. The summed E-state index contributed by atoms with van der Waals surface area (Å²) in [6, 6.07) is 4.29. The Morgan fingerprint density at radius 1 is 1.47 bits per heavy atom. The second kappa shape index (κ2) is 5.43. The largest absolute Gasteiger partial charge is 0.343 e. The first-order valence-corrected chi connectivity index (χ1v) is 6.78. The number of likely N-dealkylation sites (tertiary alicyclic amines) is 1. The van der Waals surface area contributed by atoms with Gasteiger partial charge in [0.25, 0.3) is 0 Å². The highest BCUT2D eigenvalue weighted by Gasteiger charge is 2.25. The van der Waals surface area contributed by atoms with Crippen molar-refractivity contribution in [3.8, 4) is 6.07 Å². The Morgan fingerprint density at radius 3 is 2.58 bits per heavy atom. The van der Waals surface area contributed by atoms with Crippen LogP contribution in [0.4, 0.5) is 0 Å². The number of nitriles is 1. The average molecular weight is 260 g/mol. The zero-order chi connectivity index (χ0) is 14.0. The highest BCUT2D eigenvalue weighted by Crippen LogP contribution is 2.27. The standard InChI is InChI=1S/C14H20N4O/c1-10(2)14-8-12(9-15)16-18(14)13-4-6-17(7-5-13)11(3)19/h8,10,13H,4-7H2,1-3H3. The summed E-state index contributed by atoms with van der Waals surface area (Å²) in [7, 11) is 0. The van der Waals surface area contributed by atoms with Crippen molar-refractivity contribution in [2.24, 2.45) is 0 Å². The van der Waals surface area contributed by atoms with Gasteiger partial charge in [-0.15, -0.1) is 0 Å². The van der Waals surface area contributed by atoms with Gasteiger partial charge in [0, 0.05) is 25.7 Å². The molecular formula is C14H20N4O. The fourth-order valence-electron chi connectivity index (χ4n) is 2.61. The molecular weight excluding hydrogens is 240 g/mol. The maximum atomic E-state index is 11.3.